The number of aliphatic hydroxyl groups is 1. The predicted octanol–water partition coefficient (Wildman–Crippen LogP) is 2.15. The first-order valence-electron chi connectivity index (χ1n) is 7.95. The third kappa shape index (κ3) is 3.40. The van der Waals surface area contributed by atoms with Gasteiger partial charge in [-0.1, -0.05) is 23.8 Å². The van der Waals surface area contributed by atoms with E-state index >= 15 is 0 Å². The Balaban J connectivity index is 1.93. The smallest absolute Gasteiger partial charge is 0.248 e. The zero-order valence-corrected chi connectivity index (χ0v) is 13.3. The van der Waals surface area contributed by atoms with Gasteiger partial charge in [0, 0.05) is 37.0 Å². The number of amides is 1. The number of aromatic nitrogens is 2. The third-order valence-electron chi connectivity index (χ3n) is 4.31. The van der Waals surface area contributed by atoms with Crippen LogP contribution in [0.4, 0.5) is 0 Å². The van der Waals surface area contributed by atoms with Crippen LogP contribution in [0.5, 0.6) is 0 Å². The summed E-state index contributed by atoms with van der Waals surface area (Å²) in [4.78, 5) is 22.6. The number of benzene rings is 1. The molecule has 1 atom stereocenters. The molecule has 2 aromatic rings. The highest BCUT2D eigenvalue weighted by Gasteiger charge is 2.27. The molecule has 0 unspecified atom stereocenters. The zero-order chi connectivity index (χ0) is 16.2. The maximum absolute atomic E-state index is 11.8. The molecule has 1 saturated heterocycles. The lowest BCUT2D eigenvalue weighted by Gasteiger charge is -2.32. The fourth-order valence-electron chi connectivity index (χ4n) is 3.19. The van der Waals surface area contributed by atoms with Crippen molar-refractivity contribution >= 4 is 5.91 Å². The SMILES string of the molecule is Cc1cccc(-c2nccnc2[C@@H]2CCCN(C(=O)CO)C2)c1. The van der Waals surface area contributed by atoms with E-state index in [1.165, 1.54) is 5.56 Å². The van der Waals surface area contributed by atoms with E-state index in [9.17, 15) is 4.79 Å². The highest BCUT2D eigenvalue weighted by molar-refractivity contribution is 5.77. The summed E-state index contributed by atoms with van der Waals surface area (Å²) in [6, 6.07) is 8.22. The fourth-order valence-corrected chi connectivity index (χ4v) is 3.19. The number of rotatable bonds is 3. The van der Waals surface area contributed by atoms with Crippen LogP contribution in [0.2, 0.25) is 0 Å². The summed E-state index contributed by atoms with van der Waals surface area (Å²) in [6.45, 7) is 2.92. The number of nitrogens with zero attached hydrogens (tertiary/aromatic N) is 3. The first-order chi connectivity index (χ1) is 11.2. The number of piperidine rings is 1. The molecule has 1 aliphatic rings. The van der Waals surface area contributed by atoms with E-state index in [-0.39, 0.29) is 11.8 Å². The lowest BCUT2D eigenvalue weighted by molar-refractivity contribution is -0.135. The van der Waals surface area contributed by atoms with Gasteiger partial charge in [-0.3, -0.25) is 14.8 Å². The van der Waals surface area contributed by atoms with Crippen LogP contribution in [0.15, 0.2) is 36.7 Å². The molecule has 0 radical (unpaired) electrons. The molecule has 0 spiro atoms. The van der Waals surface area contributed by atoms with Gasteiger partial charge in [0.1, 0.15) is 6.61 Å². The lowest BCUT2D eigenvalue weighted by atomic mass is 9.91. The van der Waals surface area contributed by atoms with Crippen molar-refractivity contribution in [1.29, 1.82) is 0 Å². The molecular formula is C18H21N3O2. The van der Waals surface area contributed by atoms with E-state index in [1.54, 1.807) is 17.3 Å². The number of likely N-dealkylation sites (tertiary alicyclic amines) is 1. The Morgan fingerprint density at radius 3 is 2.96 bits per heavy atom. The number of aliphatic hydroxyl groups excluding tert-OH is 1. The van der Waals surface area contributed by atoms with Crippen LogP contribution in [0.3, 0.4) is 0 Å². The molecule has 1 N–H and O–H groups in total. The Kier molecular flexibility index (Phi) is 4.67. The van der Waals surface area contributed by atoms with Crippen molar-refractivity contribution in [1.82, 2.24) is 14.9 Å². The molecule has 1 aromatic heterocycles. The number of aryl methyl sites for hydroxylation is 1. The van der Waals surface area contributed by atoms with Crippen molar-refractivity contribution in [2.24, 2.45) is 0 Å². The van der Waals surface area contributed by atoms with E-state index in [0.717, 1.165) is 29.8 Å². The van der Waals surface area contributed by atoms with Crippen LogP contribution in [-0.2, 0) is 4.79 Å². The van der Waals surface area contributed by atoms with Crippen LogP contribution in [0, 0.1) is 6.92 Å². The molecule has 1 aromatic carbocycles. The number of carbonyl (C=O) groups is 1. The first-order valence-corrected chi connectivity index (χ1v) is 7.95. The van der Waals surface area contributed by atoms with Gasteiger partial charge in [0.25, 0.3) is 0 Å². The molecule has 23 heavy (non-hydrogen) atoms. The third-order valence-corrected chi connectivity index (χ3v) is 4.31. The van der Waals surface area contributed by atoms with Crippen molar-refractivity contribution in [3.63, 3.8) is 0 Å². The fraction of sp³-hybridized carbons (Fsp3) is 0.389. The molecule has 0 bridgehead atoms. The first kappa shape index (κ1) is 15.6. The van der Waals surface area contributed by atoms with Gasteiger partial charge in [-0.05, 0) is 25.8 Å². The average Bonchev–Trinajstić information content (AvgIpc) is 2.61. The Labute approximate surface area is 136 Å². The molecule has 1 fully saturated rings. The largest absolute Gasteiger partial charge is 0.387 e. The summed E-state index contributed by atoms with van der Waals surface area (Å²) in [5.41, 5.74) is 4.06. The molecule has 0 aliphatic carbocycles. The monoisotopic (exact) mass is 311 g/mol. The second-order valence-corrected chi connectivity index (χ2v) is 6.00. The van der Waals surface area contributed by atoms with E-state index < -0.39 is 6.61 Å². The summed E-state index contributed by atoms with van der Waals surface area (Å²) in [5, 5.41) is 9.09. The molecule has 0 saturated carbocycles. The average molecular weight is 311 g/mol. The van der Waals surface area contributed by atoms with Crippen molar-refractivity contribution < 1.29 is 9.90 Å². The summed E-state index contributed by atoms with van der Waals surface area (Å²) in [6.07, 6.45) is 5.31. The van der Waals surface area contributed by atoms with E-state index in [1.807, 2.05) is 12.1 Å². The summed E-state index contributed by atoms with van der Waals surface area (Å²) >= 11 is 0. The molecule has 3 rings (SSSR count). The quantitative estimate of drug-likeness (QED) is 0.943. The maximum Gasteiger partial charge on any atom is 0.248 e. The standard InChI is InChI=1S/C18H21N3O2/c1-13-4-2-5-14(10-13)17-18(20-8-7-19-17)15-6-3-9-21(11-15)16(23)12-22/h2,4-5,7-8,10,15,22H,3,6,9,11-12H2,1H3/t15-/m1/s1. The lowest BCUT2D eigenvalue weighted by Crippen LogP contribution is -2.40. The topological polar surface area (TPSA) is 66.3 Å². The van der Waals surface area contributed by atoms with E-state index in [4.69, 9.17) is 5.11 Å². The number of hydrogen-bond donors (Lipinski definition) is 1. The zero-order valence-electron chi connectivity index (χ0n) is 13.3. The molecule has 1 aliphatic heterocycles. The van der Waals surface area contributed by atoms with Crippen LogP contribution in [-0.4, -0.2) is 45.6 Å². The van der Waals surface area contributed by atoms with Gasteiger partial charge < -0.3 is 10.0 Å². The molecule has 120 valence electrons. The Hall–Kier alpha value is -2.27. The van der Waals surface area contributed by atoms with E-state index in [2.05, 4.69) is 29.0 Å². The van der Waals surface area contributed by atoms with Crippen LogP contribution in [0.25, 0.3) is 11.3 Å². The van der Waals surface area contributed by atoms with E-state index in [0.29, 0.717) is 13.1 Å². The van der Waals surface area contributed by atoms with Crippen molar-refractivity contribution in [3.8, 4) is 11.3 Å². The minimum atomic E-state index is -0.433. The Morgan fingerprint density at radius 2 is 2.17 bits per heavy atom. The van der Waals surface area contributed by atoms with Gasteiger partial charge in [0.2, 0.25) is 5.91 Å². The molecule has 2 heterocycles. The number of hydrogen-bond acceptors (Lipinski definition) is 4. The molecule has 5 nitrogen and oxygen atoms in total. The minimum Gasteiger partial charge on any atom is -0.387 e. The number of carbonyl (C=O) groups excluding carboxylic acids is 1. The predicted molar refractivity (Wildman–Crippen MR) is 87.8 cm³/mol. The maximum atomic E-state index is 11.8. The van der Waals surface area contributed by atoms with Crippen molar-refractivity contribution in [3.05, 3.63) is 47.9 Å². The molecule has 1 amide bonds. The van der Waals surface area contributed by atoms with Gasteiger partial charge >= 0.3 is 0 Å². The second-order valence-electron chi connectivity index (χ2n) is 6.00. The molecular weight excluding hydrogens is 290 g/mol. The minimum absolute atomic E-state index is 0.156. The Morgan fingerprint density at radius 1 is 1.35 bits per heavy atom. The summed E-state index contributed by atoms with van der Waals surface area (Å²) in [5.74, 6) is -0.0563. The van der Waals surface area contributed by atoms with Gasteiger partial charge in [-0.15, -0.1) is 0 Å². The summed E-state index contributed by atoms with van der Waals surface area (Å²) in [7, 11) is 0. The summed E-state index contributed by atoms with van der Waals surface area (Å²) < 4.78 is 0. The van der Waals surface area contributed by atoms with Gasteiger partial charge in [0.05, 0.1) is 11.4 Å². The van der Waals surface area contributed by atoms with Gasteiger partial charge in [-0.2, -0.15) is 0 Å². The van der Waals surface area contributed by atoms with Gasteiger partial charge in [0.15, 0.2) is 0 Å². The van der Waals surface area contributed by atoms with Crippen LogP contribution >= 0.6 is 0 Å². The van der Waals surface area contributed by atoms with Crippen molar-refractivity contribution in [2.45, 2.75) is 25.7 Å². The normalized spacial score (nSPS) is 18.0. The van der Waals surface area contributed by atoms with Gasteiger partial charge in [-0.25, -0.2) is 0 Å². The van der Waals surface area contributed by atoms with Crippen molar-refractivity contribution in [2.75, 3.05) is 19.7 Å². The highest BCUT2D eigenvalue weighted by atomic mass is 16.3. The van der Waals surface area contributed by atoms with Crippen LogP contribution in [0.1, 0.15) is 30.0 Å². The highest BCUT2D eigenvalue weighted by Crippen LogP contribution is 2.31. The molecule has 5 heteroatoms. The van der Waals surface area contributed by atoms with Crippen LogP contribution < -0.4 is 0 Å². The second kappa shape index (κ2) is 6.87. The Bertz CT molecular complexity index is 702.